The predicted molar refractivity (Wildman–Crippen MR) is 86.4 cm³/mol. The van der Waals surface area contributed by atoms with Gasteiger partial charge in [-0.1, -0.05) is 12.1 Å². The number of likely N-dealkylation sites (tertiary alicyclic amines) is 1. The van der Waals surface area contributed by atoms with Gasteiger partial charge in [0.2, 0.25) is 5.91 Å². The van der Waals surface area contributed by atoms with Crippen molar-refractivity contribution in [1.29, 1.82) is 0 Å². The lowest BCUT2D eigenvalue weighted by atomic mass is 9.96. The first-order valence-corrected chi connectivity index (χ1v) is 7.80. The molecule has 0 unspecified atom stereocenters. The average molecular weight is 335 g/mol. The van der Waals surface area contributed by atoms with Crippen LogP contribution in [0, 0.1) is 16.0 Å². The molecule has 24 heavy (non-hydrogen) atoms. The minimum Gasteiger partial charge on any atom is -0.453 e. The highest BCUT2D eigenvalue weighted by atomic mass is 16.6. The van der Waals surface area contributed by atoms with Gasteiger partial charge in [0.25, 0.3) is 5.69 Å². The van der Waals surface area contributed by atoms with Gasteiger partial charge in [0.1, 0.15) is 0 Å². The zero-order valence-corrected chi connectivity index (χ0v) is 13.7. The molecule has 0 bridgehead atoms. The minimum atomic E-state index is -0.465. The topological polar surface area (TPSA) is 102 Å². The molecular formula is C16H21N3O5. The van der Waals surface area contributed by atoms with Crippen LogP contribution in [0.25, 0.3) is 0 Å². The predicted octanol–water partition coefficient (Wildman–Crippen LogP) is 2.25. The maximum absolute atomic E-state index is 12.4. The first-order valence-electron chi connectivity index (χ1n) is 7.80. The molecule has 0 aromatic heterocycles. The van der Waals surface area contributed by atoms with Gasteiger partial charge in [-0.25, -0.2) is 4.79 Å². The number of amides is 2. The Balaban J connectivity index is 1.99. The molecule has 130 valence electrons. The third-order valence-corrected chi connectivity index (χ3v) is 4.16. The van der Waals surface area contributed by atoms with Crippen molar-refractivity contribution >= 4 is 17.7 Å². The van der Waals surface area contributed by atoms with Crippen LogP contribution in [0.4, 0.5) is 10.5 Å². The summed E-state index contributed by atoms with van der Waals surface area (Å²) in [6.45, 7) is 2.68. The fraction of sp³-hybridized carbons (Fsp3) is 0.500. The highest BCUT2D eigenvalue weighted by Gasteiger charge is 2.29. The van der Waals surface area contributed by atoms with Crippen molar-refractivity contribution in [2.45, 2.75) is 25.8 Å². The number of nitro groups is 1. The number of methoxy groups -OCH3 is 1. The number of benzene rings is 1. The second-order valence-corrected chi connectivity index (χ2v) is 5.84. The van der Waals surface area contributed by atoms with Crippen molar-refractivity contribution in [3.8, 4) is 0 Å². The van der Waals surface area contributed by atoms with Gasteiger partial charge < -0.3 is 15.0 Å². The molecular weight excluding hydrogens is 314 g/mol. The number of hydrogen-bond donors (Lipinski definition) is 1. The number of nitrogens with one attached hydrogen (secondary N) is 1. The molecule has 1 heterocycles. The molecule has 1 aromatic carbocycles. The van der Waals surface area contributed by atoms with Gasteiger partial charge in [-0.3, -0.25) is 14.9 Å². The maximum Gasteiger partial charge on any atom is 0.409 e. The van der Waals surface area contributed by atoms with Gasteiger partial charge in [0, 0.05) is 25.2 Å². The molecule has 8 nitrogen and oxygen atoms in total. The van der Waals surface area contributed by atoms with Crippen LogP contribution < -0.4 is 5.32 Å². The summed E-state index contributed by atoms with van der Waals surface area (Å²) in [6, 6.07) is 5.83. The fourth-order valence-corrected chi connectivity index (χ4v) is 2.81. The van der Waals surface area contributed by atoms with E-state index in [1.165, 1.54) is 24.1 Å². The van der Waals surface area contributed by atoms with Gasteiger partial charge >= 0.3 is 6.09 Å². The molecule has 8 heteroatoms. The maximum atomic E-state index is 12.4. The van der Waals surface area contributed by atoms with Crippen molar-refractivity contribution in [1.82, 2.24) is 10.2 Å². The van der Waals surface area contributed by atoms with E-state index in [9.17, 15) is 19.7 Å². The summed E-state index contributed by atoms with van der Waals surface area (Å²) in [4.78, 5) is 35.9. The van der Waals surface area contributed by atoms with Crippen LogP contribution in [0.5, 0.6) is 0 Å². The number of carbonyl (C=O) groups excluding carboxylic acids is 2. The van der Waals surface area contributed by atoms with Crippen LogP contribution in [0.3, 0.4) is 0 Å². The fourth-order valence-electron chi connectivity index (χ4n) is 2.81. The summed E-state index contributed by atoms with van der Waals surface area (Å²) >= 11 is 0. The summed E-state index contributed by atoms with van der Waals surface area (Å²) in [5, 5.41) is 13.7. The van der Waals surface area contributed by atoms with E-state index in [4.69, 9.17) is 4.74 Å². The monoisotopic (exact) mass is 335 g/mol. The largest absolute Gasteiger partial charge is 0.453 e. The Morgan fingerprint density at radius 2 is 2.21 bits per heavy atom. The SMILES string of the molecule is COC(=O)N1CCC[C@H](C(=O)N[C@@H](C)c2cccc([N+](=O)[O-])c2)C1. The number of nitrogens with zero attached hydrogens (tertiary/aromatic N) is 2. The molecule has 0 spiro atoms. The van der Waals surface area contributed by atoms with Crippen molar-refractivity contribution in [3.63, 3.8) is 0 Å². The van der Waals surface area contributed by atoms with E-state index in [0.29, 0.717) is 25.1 Å². The van der Waals surface area contributed by atoms with Gasteiger partial charge in [-0.2, -0.15) is 0 Å². The lowest BCUT2D eigenvalue weighted by molar-refractivity contribution is -0.384. The normalized spacial score (nSPS) is 18.6. The number of rotatable bonds is 4. The van der Waals surface area contributed by atoms with Crippen LogP contribution in [0.1, 0.15) is 31.4 Å². The van der Waals surface area contributed by atoms with Crippen molar-refractivity contribution < 1.29 is 19.2 Å². The molecule has 0 radical (unpaired) electrons. The van der Waals surface area contributed by atoms with Crippen LogP contribution in [-0.4, -0.2) is 42.0 Å². The molecule has 2 amide bonds. The van der Waals surface area contributed by atoms with Gasteiger partial charge in [-0.15, -0.1) is 0 Å². The Kier molecular flexibility index (Phi) is 5.73. The summed E-state index contributed by atoms with van der Waals surface area (Å²) < 4.78 is 4.70. The smallest absolute Gasteiger partial charge is 0.409 e. The van der Waals surface area contributed by atoms with Crippen LogP contribution >= 0.6 is 0 Å². The highest BCUT2D eigenvalue weighted by molar-refractivity contribution is 5.80. The number of ether oxygens (including phenoxy) is 1. The second-order valence-electron chi connectivity index (χ2n) is 5.84. The number of nitro benzene ring substituents is 1. The molecule has 1 aliphatic rings. The molecule has 1 saturated heterocycles. The lowest BCUT2D eigenvalue weighted by Crippen LogP contribution is -2.45. The van der Waals surface area contributed by atoms with Gasteiger partial charge in [0.15, 0.2) is 0 Å². The van der Waals surface area contributed by atoms with Crippen molar-refractivity contribution in [2.75, 3.05) is 20.2 Å². The number of piperidine rings is 1. The second kappa shape index (κ2) is 7.76. The molecule has 1 aromatic rings. The molecule has 1 aliphatic heterocycles. The quantitative estimate of drug-likeness (QED) is 0.671. The van der Waals surface area contributed by atoms with E-state index in [-0.39, 0.29) is 23.6 Å². The summed E-state index contributed by atoms with van der Waals surface area (Å²) in [5.41, 5.74) is 0.654. The Morgan fingerprint density at radius 3 is 2.88 bits per heavy atom. The minimum absolute atomic E-state index is 0.0110. The van der Waals surface area contributed by atoms with Crippen molar-refractivity contribution in [3.05, 3.63) is 39.9 Å². The molecule has 2 atom stereocenters. The molecule has 1 fully saturated rings. The Hall–Kier alpha value is -2.64. The highest BCUT2D eigenvalue weighted by Crippen LogP contribution is 2.21. The first kappa shape index (κ1) is 17.7. The molecule has 0 saturated carbocycles. The Labute approximate surface area is 139 Å². The molecule has 1 N–H and O–H groups in total. The van der Waals surface area contributed by atoms with E-state index >= 15 is 0 Å². The number of non-ortho nitro benzene ring substituents is 1. The third-order valence-electron chi connectivity index (χ3n) is 4.16. The molecule has 0 aliphatic carbocycles. The number of hydrogen-bond acceptors (Lipinski definition) is 5. The summed E-state index contributed by atoms with van der Waals surface area (Å²) in [6.07, 6.45) is 0.999. The lowest BCUT2D eigenvalue weighted by Gasteiger charge is -2.31. The molecule has 2 rings (SSSR count). The van der Waals surface area contributed by atoms with E-state index in [1.54, 1.807) is 19.1 Å². The average Bonchev–Trinajstić information content (AvgIpc) is 2.61. The summed E-state index contributed by atoms with van der Waals surface area (Å²) in [5.74, 6) is -0.471. The Morgan fingerprint density at radius 1 is 1.46 bits per heavy atom. The van der Waals surface area contributed by atoms with Crippen LogP contribution in [0.15, 0.2) is 24.3 Å². The van der Waals surface area contributed by atoms with Crippen molar-refractivity contribution in [2.24, 2.45) is 5.92 Å². The third kappa shape index (κ3) is 4.21. The van der Waals surface area contributed by atoms with Gasteiger partial charge in [0.05, 0.1) is 24.0 Å². The van der Waals surface area contributed by atoms with Crippen LogP contribution in [-0.2, 0) is 9.53 Å². The van der Waals surface area contributed by atoms with E-state index in [1.807, 2.05) is 0 Å². The zero-order valence-electron chi connectivity index (χ0n) is 13.7. The first-order chi connectivity index (χ1) is 11.4. The number of carbonyl (C=O) groups is 2. The Bertz CT molecular complexity index is 634. The zero-order chi connectivity index (χ0) is 17.7. The summed E-state index contributed by atoms with van der Waals surface area (Å²) in [7, 11) is 1.32. The van der Waals surface area contributed by atoms with Gasteiger partial charge in [-0.05, 0) is 25.3 Å². The van der Waals surface area contributed by atoms with E-state index in [0.717, 1.165) is 6.42 Å². The van der Waals surface area contributed by atoms with E-state index in [2.05, 4.69) is 5.32 Å². The standard InChI is InChI=1S/C16H21N3O5/c1-11(12-5-3-7-14(9-12)19(22)23)17-15(20)13-6-4-8-18(10-13)16(21)24-2/h3,5,7,9,11,13H,4,6,8,10H2,1-2H3,(H,17,20)/t11-,13-/m0/s1. The van der Waals surface area contributed by atoms with Crippen LogP contribution in [0.2, 0.25) is 0 Å². The van der Waals surface area contributed by atoms with E-state index < -0.39 is 11.0 Å².